The van der Waals surface area contributed by atoms with E-state index in [1.807, 2.05) is 0 Å². The molecule has 102 valence electrons. The van der Waals surface area contributed by atoms with Crippen molar-refractivity contribution in [1.29, 1.82) is 0 Å². The average Bonchev–Trinajstić information content (AvgIpc) is 2.34. The molecule has 1 aromatic rings. The second kappa shape index (κ2) is 5.78. The fraction of sp³-hybridized carbons (Fsp3) is 0.400. The normalized spacial score (nSPS) is 10.9. The second-order valence-electron chi connectivity index (χ2n) is 5.46. The topological polar surface area (TPSA) is 63.2 Å². The third-order valence-corrected chi connectivity index (χ3v) is 2.80. The van der Waals surface area contributed by atoms with Gasteiger partial charge in [0.25, 0.3) is 5.91 Å². The first-order chi connectivity index (χ1) is 8.73. The summed E-state index contributed by atoms with van der Waals surface area (Å²) in [6.07, 6.45) is 0. The molecule has 0 saturated carbocycles. The third kappa shape index (κ3) is 4.02. The van der Waals surface area contributed by atoms with Gasteiger partial charge in [0.2, 0.25) is 0 Å². The van der Waals surface area contributed by atoms with Crippen LogP contribution < -0.4 is 5.32 Å². The van der Waals surface area contributed by atoms with Gasteiger partial charge in [0.1, 0.15) is 0 Å². The molecular formula is C15H19NO3. The highest BCUT2D eigenvalue weighted by molar-refractivity contribution is 6.07. The van der Waals surface area contributed by atoms with Gasteiger partial charge < -0.3 is 5.32 Å². The van der Waals surface area contributed by atoms with E-state index in [2.05, 4.69) is 5.32 Å². The molecule has 0 unspecified atom stereocenters. The van der Waals surface area contributed by atoms with E-state index in [9.17, 15) is 14.4 Å². The van der Waals surface area contributed by atoms with Crippen molar-refractivity contribution in [2.24, 2.45) is 5.41 Å². The summed E-state index contributed by atoms with van der Waals surface area (Å²) in [5.41, 5.74) is 0.174. The molecule has 0 heterocycles. The van der Waals surface area contributed by atoms with Crippen LogP contribution in [0.3, 0.4) is 0 Å². The lowest BCUT2D eigenvalue weighted by atomic mass is 9.91. The molecule has 0 spiro atoms. The lowest BCUT2D eigenvalue weighted by Crippen LogP contribution is -2.36. The number of hydrogen-bond acceptors (Lipinski definition) is 3. The van der Waals surface area contributed by atoms with Crippen LogP contribution in [0.5, 0.6) is 0 Å². The molecule has 0 fully saturated rings. The van der Waals surface area contributed by atoms with E-state index < -0.39 is 11.3 Å². The van der Waals surface area contributed by atoms with Crippen LogP contribution in [0.25, 0.3) is 0 Å². The Morgan fingerprint density at radius 3 is 2.05 bits per heavy atom. The van der Waals surface area contributed by atoms with Crippen LogP contribution in [0.4, 0.5) is 0 Å². The van der Waals surface area contributed by atoms with Crippen molar-refractivity contribution in [1.82, 2.24) is 5.32 Å². The molecule has 0 aliphatic heterocycles. The Hall–Kier alpha value is -1.97. The second-order valence-corrected chi connectivity index (χ2v) is 5.46. The Labute approximate surface area is 113 Å². The van der Waals surface area contributed by atoms with Crippen LogP contribution in [0, 0.1) is 5.41 Å². The van der Waals surface area contributed by atoms with E-state index in [1.54, 1.807) is 45.0 Å². The van der Waals surface area contributed by atoms with Crippen LogP contribution in [0.2, 0.25) is 0 Å². The van der Waals surface area contributed by atoms with Gasteiger partial charge in [-0.2, -0.15) is 0 Å². The van der Waals surface area contributed by atoms with Crippen LogP contribution in [-0.2, 0) is 4.79 Å². The van der Waals surface area contributed by atoms with Gasteiger partial charge in [-0.15, -0.1) is 0 Å². The minimum Gasteiger partial charge on any atom is -0.345 e. The van der Waals surface area contributed by atoms with E-state index >= 15 is 0 Å². The fourth-order valence-corrected chi connectivity index (χ4v) is 1.51. The largest absolute Gasteiger partial charge is 0.345 e. The van der Waals surface area contributed by atoms with Crippen LogP contribution in [0.15, 0.2) is 24.3 Å². The maximum absolute atomic E-state index is 12.0. The molecule has 0 aliphatic rings. The number of carbonyl (C=O) groups excluding carboxylic acids is 3. The first kappa shape index (κ1) is 15.1. The quantitative estimate of drug-likeness (QED) is 0.845. The summed E-state index contributed by atoms with van der Waals surface area (Å²) in [4.78, 5) is 35.1. The molecule has 0 radical (unpaired) electrons. The van der Waals surface area contributed by atoms with E-state index in [0.717, 1.165) is 0 Å². The molecule has 4 heteroatoms. The number of hydrogen-bond donors (Lipinski definition) is 1. The molecule has 1 aromatic carbocycles. The lowest BCUT2D eigenvalue weighted by Gasteiger charge is -2.17. The molecule has 1 N–H and O–H groups in total. The number of amides is 1. The van der Waals surface area contributed by atoms with Crippen molar-refractivity contribution >= 4 is 17.5 Å². The Morgan fingerprint density at radius 1 is 1.05 bits per heavy atom. The molecular weight excluding hydrogens is 242 g/mol. The van der Waals surface area contributed by atoms with Gasteiger partial charge in [-0.1, -0.05) is 39.0 Å². The summed E-state index contributed by atoms with van der Waals surface area (Å²) in [5.74, 6) is -0.627. The Morgan fingerprint density at radius 2 is 1.58 bits per heavy atom. The first-order valence-electron chi connectivity index (χ1n) is 6.15. The van der Waals surface area contributed by atoms with Gasteiger partial charge in [-0.3, -0.25) is 14.4 Å². The molecule has 0 aromatic heterocycles. The van der Waals surface area contributed by atoms with Gasteiger partial charge in [0.05, 0.1) is 12.1 Å². The standard InChI is InChI=1S/C15H19NO3/c1-10(17)11-7-5-6-8-12(11)14(19)16-9-13(18)15(2,3)4/h5-8H,9H2,1-4H3,(H,16,19). The van der Waals surface area contributed by atoms with E-state index in [1.165, 1.54) is 6.92 Å². The number of carbonyl (C=O) groups is 3. The highest BCUT2D eigenvalue weighted by Gasteiger charge is 2.22. The smallest absolute Gasteiger partial charge is 0.252 e. The van der Waals surface area contributed by atoms with E-state index in [4.69, 9.17) is 0 Å². The maximum atomic E-state index is 12.0. The Bertz CT molecular complexity index is 512. The van der Waals surface area contributed by atoms with Crippen LogP contribution >= 0.6 is 0 Å². The zero-order chi connectivity index (χ0) is 14.6. The Balaban J connectivity index is 2.80. The predicted molar refractivity (Wildman–Crippen MR) is 73.2 cm³/mol. The summed E-state index contributed by atoms with van der Waals surface area (Å²) in [6, 6.07) is 6.57. The van der Waals surface area contributed by atoms with E-state index in [-0.39, 0.29) is 18.1 Å². The molecule has 0 bridgehead atoms. The fourth-order valence-electron chi connectivity index (χ4n) is 1.51. The number of ketones is 2. The minimum absolute atomic E-state index is 0.0332. The van der Waals surface area contributed by atoms with Crippen molar-refractivity contribution < 1.29 is 14.4 Å². The number of benzene rings is 1. The van der Waals surface area contributed by atoms with Gasteiger partial charge in [-0.25, -0.2) is 0 Å². The van der Waals surface area contributed by atoms with Crippen LogP contribution in [0.1, 0.15) is 48.4 Å². The van der Waals surface area contributed by atoms with Gasteiger partial charge >= 0.3 is 0 Å². The van der Waals surface area contributed by atoms with Gasteiger partial charge in [0.15, 0.2) is 11.6 Å². The molecule has 4 nitrogen and oxygen atoms in total. The minimum atomic E-state index is -0.493. The molecule has 0 aliphatic carbocycles. The molecule has 0 atom stereocenters. The summed E-state index contributed by atoms with van der Waals surface area (Å²) in [6.45, 7) is 6.77. The number of Topliss-reactive ketones (excluding diaryl/α,β-unsaturated/α-hetero) is 2. The monoisotopic (exact) mass is 261 g/mol. The number of nitrogens with one attached hydrogen (secondary N) is 1. The van der Waals surface area contributed by atoms with Gasteiger partial charge in [0, 0.05) is 11.0 Å². The van der Waals surface area contributed by atoms with Crippen molar-refractivity contribution in [2.75, 3.05) is 6.54 Å². The van der Waals surface area contributed by atoms with Crippen molar-refractivity contribution in [3.8, 4) is 0 Å². The van der Waals surface area contributed by atoms with E-state index in [0.29, 0.717) is 11.1 Å². The van der Waals surface area contributed by atoms with Crippen LogP contribution in [-0.4, -0.2) is 24.0 Å². The molecule has 19 heavy (non-hydrogen) atoms. The van der Waals surface area contributed by atoms with Gasteiger partial charge in [-0.05, 0) is 13.0 Å². The van der Waals surface area contributed by atoms with Crippen molar-refractivity contribution in [3.05, 3.63) is 35.4 Å². The summed E-state index contributed by atoms with van der Waals surface area (Å²) < 4.78 is 0. The molecule has 0 saturated heterocycles. The summed E-state index contributed by atoms with van der Waals surface area (Å²) in [5, 5.41) is 2.56. The predicted octanol–water partition coefficient (Wildman–Crippen LogP) is 2.23. The molecule has 1 amide bonds. The highest BCUT2D eigenvalue weighted by atomic mass is 16.2. The van der Waals surface area contributed by atoms with Crippen molar-refractivity contribution in [3.63, 3.8) is 0 Å². The SMILES string of the molecule is CC(=O)c1ccccc1C(=O)NCC(=O)C(C)(C)C. The zero-order valence-electron chi connectivity index (χ0n) is 11.7. The maximum Gasteiger partial charge on any atom is 0.252 e. The molecule has 1 rings (SSSR count). The third-order valence-electron chi connectivity index (χ3n) is 2.80. The lowest BCUT2D eigenvalue weighted by molar-refractivity contribution is -0.125. The number of rotatable bonds is 4. The van der Waals surface area contributed by atoms with Crippen molar-refractivity contribution in [2.45, 2.75) is 27.7 Å². The average molecular weight is 261 g/mol. The summed E-state index contributed by atoms with van der Waals surface area (Å²) >= 11 is 0. The first-order valence-corrected chi connectivity index (χ1v) is 6.15. The Kier molecular flexibility index (Phi) is 4.59. The zero-order valence-corrected chi connectivity index (χ0v) is 11.7. The highest BCUT2D eigenvalue weighted by Crippen LogP contribution is 2.14. The summed E-state index contributed by atoms with van der Waals surface area (Å²) in [7, 11) is 0.